The Bertz CT molecular complexity index is 816. The zero-order chi connectivity index (χ0) is 20.4. The second-order valence-electron chi connectivity index (χ2n) is 10.8. The van der Waals surface area contributed by atoms with Crippen molar-refractivity contribution >= 4 is 5.78 Å². The first kappa shape index (κ1) is 19.6. The Kier molecular flexibility index (Phi) is 4.60. The zero-order valence-electron chi connectivity index (χ0n) is 17.9. The van der Waals surface area contributed by atoms with Crippen LogP contribution in [0.15, 0.2) is 18.2 Å². The largest absolute Gasteiger partial charge is 0.508 e. The summed E-state index contributed by atoms with van der Waals surface area (Å²) in [5.74, 6) is 1.89. The molecule has 0 amide bonds. The van der Waals surface area contributed by atoms with E-state index in [0.29, 0.717) is 24.5 Å². The van der Waals surface area contributed by atoms with Gasteiger partial charge in [0.25, 0.3) is 0 Å². The predicted octanol–water partition coefficient (Wildman–Crippen LogP) is 3.82. The molecule has 2 bridgehead atoms. The van der Waals surface area contributed by atoms with E-state index in [2.05, 4.69) is 18.7 Å². The first-order chi connectivity index (χ1) is 13.8. The van der Waals surface area contributed by atoms with Gasteiger partial charge >= 0.3 is 0 Å². The number of aliphatic hydroxyl groups is 1. The van der Waals surface area contributed by atoms with E-state index in [1.807, 2.05) is 12.1 Å². The van der Waals surface area contributed by atoms with E-state index in [4.69, 9.17) is 0 Å². The first-order valence-corrected chi connectivity index (χ1v) is 11.6. The SMILES string of the molecule is CC(C)CC[C@H]1C[C@@]2(O)[C@H]3Cc4ccc(O)cc4C2(CCN3CC2CC2)CC1=O. The van der Waals surface area contributed by atoms with Crippen LogP contribution >= 0.6 is 0 Å². The lowest BCUT2D eigenvalue weighted by Crippen LogP contribution is -2.74. The quantitative estimate of drug-likeness (QED) is 0.793. The van der Waals surface area contributed by atoms with Crippen LogP contribution in [0.3, 0.4) is 0 Å². The minimum atomic E-state index is -0.878. The maximum atomic E-state index is 13.3. The second kappa shape index (κ2) is 6.81. The molecule has 0 radical (unpaired) electrons. The highest BCUT2D eigenvalue weighted by molar-refractivity contribution is 5.85. The van der Waals surface area contributed by atoms with Gasteiger partial charge in [-0.05, 0) is 80.2 Å². The van der Waals surface area contributed by atoms with Crippen LogP contribution in [0.2, 0.25) is 0 Å². The maximum Gasteiger partial charge on any atom is 0.137 e. The predicted molar refractivity (Wildman–Crippen MR) is 113 cm³/mol. The smallest absolute Gasteiger partial charge is 0.137 e. The summed E-state index contributed by atoms with van der Waals surface area (Å²) in [6.45, 7) is 6.44. The molecule has 4 atom stereocenters. The van der Waals surface area contributed by atoms with Crippen molar-refractivity contribution in [1.29, 1.82) is 0 Å². The Balaban J connectivity index is 1.56. The van der Waals surface area contributed by atoms with Gasteiger partial charge in [0.15, 0.2) is 0 Å². The topological polar surface area (TPSA) is 60.8 Å². The van der Waals surface area contributed by atoms with Crippen molar-refractivity contribution in [2.45, 2.75) is 82.3 Å². The van der Waals surface area contributed by atoms with Gasteiger partial charge in [0.1, 0.15) is 11.5 Å². The fourth-order valence-electron chi connectivity index (χ4n) is 6.64. The fourth-order valence-corrected chi connectivity index (χ4v) is 6.64. The van der Waals surface area contributed by atoms with Crippen LogP contribution in [0.4, 0.5) is 0 Å². The van der Waals surface area contributed by atoms with Crippen LogP contribution in [0.25, 0.3) is 0 Å². The summed E-state index contributed by atoms with van der Waals surface area (Å²) in [5.41, 5.74) is 0.843. The average molecular weight is 398 g/mol. The molecule has 158 valence electrons. The van der Waals surface area contributed by atoms with Crippen molar-refractivity contribution in [1.82, 2.24) is 4.90 Å². The van der Waals surface area contributed by atoms with Crippen molar-refractivity contribution in [3.05, 3.63) is 29.3 Å². The van der Waals surface area contributed by atoms with Crippen molar-refractivity contribution < 1.29 is 15.0 Å². The Hall–Kier alpha value is -1.39. The van der Waals surface area contributed by atoms with Gasteiger partial charge in [-0.15, -0.1) is 0 Å². The van der Waals surface area contributed by atoms with Gasteiger partial charge in [-0.2, -0.15) is 0 Å². The monoisotopic (exact) mass is 397 g/mol. The number of carbonyl (C=O) groups excluding carboxylic acids is 1. The molecule has 4 aliphatic rings. The molecule has 3 fully saturated rings. The summed E-state index contributed by atoms with van der Waals surface area (Å²) in [6, 6.07) is 5.71. The van der Waals surface area contributed by atoms with E-state index in [1.54, 1.807) is 6.07 Å². The number of fused-ring (bicyclic) bond motifs is 1. The molecular formula is C25H35NO3. The molecule has 1 aromatic carbocycles. The van der Waals surface area contributed by atoms with Gasteiger partial charge in [0.2, 0.25) is 0 Å². The third kappa shape index (κ3) is 3.06. The van der Waals surface area contributed by atoms with Gasteiger partial charge < -0.3 is 10.2 Å². The molecule has 2 saturated carbocycles. The van der Waals surface area contributed by atoms with E-state index in [9.17, 15) is 15.0 Å². The number of carbonyl (C=O) groups is 1. The Labute approximate surface area is 174 Å². The molecule has 3 aliphatic carbocycles. The molecule has 1 unspecified atom stereocenters. The molecule has 0 aromatic heterocycles. The number of aromatic hydroxyl groups is 1. The normalized spacial score (nSPS) is 36.8. The molecule has 0 spiro atoms. The molecule has 4 nitrogen and oxygen atoms in total. The fraction of sp³-hybridized carbons (Fsp3) is 0.720. The van der Waals surface area contributed by atoms with Crippen LogP contribution < -0.4 is 0 Å². The molecule has 4 heteroatoms. The second-order valence-corrected chi connectivity index (χ2v) is 10.8. The molecular weight excluding hydrogens is 362 g/mol. The summed E-state index contributed by atoms with van der Waals surface area (Å²) in [4.78, 5) is 15.8. The van der Waals surface area contributed by atoms with Gasteiger partial charge in [-0.1, -0.05) is 26.3 Å². The van der Waals surface area contributed by atoms with Crippen LogP contribution in [0.1, 0.15) is 69.9 Å². The molecule has 1 aliphatic heterocycles. The number of benzene rings is 1. The molecule has 1 heterocycles. The minimum Gasteiger partial charge on any atom is -0.508 e. The molecule has 5 rings (SSSR count). The standard InChI is InChI=1S/C25H35NO3/c1-16(2)3-6-19-13-25(29)23-11-18-7-8-20(27)12-21(18)24(25,14-22(19)28)9-10-26(23)15-17-4-5-17/h7-8,12,16-17,19,23,27,29H,3-6,9-11,13-15H2,1-2H3/t19-,23+,24?,25+/m0/s1. The number of nitrogens with zero attached hydrogens (tertiary/aromatic N) is 1. The summed E-state index contributed by atoms with van der Waals surface area (Å²) >= 11 is 0. The molecule has 29 heavy (non-hydrogen) atoms. The summed E-state index contributed by atoms with van der Waals surface area (Å²) in [7, 11) is 0. The Morgan fingerprint density at radius 1 is 1.28 bits per heavy atom. The molecule has 1 saturated heterocycles. The summed E-state index contributed by atoms with van der Waals surface area (Å²) in [6.07, 6.45) is 7.19. The van der Waals surface area contributed by atoms with Gasteiger partial charge in [0.05, 0.1) is 5.60 Å². The number of piperidine rings is 1. The third-order valence-electron chi connectivity index (χ3n) is 8.44. The zero-order valence-corrected chi connectivity index (χ0v) is 17.9. The lowest BCUT2D eigenvalue weighted by Gasteiger charge is -2.64. The number of phenols is 1. The van der Waals surface area contributed by atoms with E-state index in [-0.39, 0.29) is 17.7 Å². The van der Waals surface area contributed by atoms with Gasteiger partial charge in [-0.3, -0.25) is 9.69 Å². The number of Topliss-reactive ketones (excluding diaryl/α,β-unsaturated/α-hetero) is 1. The van der Waals surface area contributed by atoms with Crippen molar-refractivity contribution in [3.63, 3.8) is 0 Å². The Morgan fingerprint density at radius 3 is 2.79 bits per heavy atom. The Morgan fingerprint density at radius 2 is 2.07 bits per heavy atom. The number of likely N-dealkylation sites (tertiary alicyclic amines) is 1. The van der Waals surface area contributed by atoms with Crippen LogP contribution in [-0.4, -0.2) is 45.6 Å². The summed E-state index contributed by atoms with van der Waals surface area (Å²) < 4.78 is 0. The maximum absolute atomic E-state index is 13.3. The number of hydrogen-bond donors (Lipinski definition) is 2. The molecule has 1 aromatic rings. The molecule has 2 N–H and O–H groups in total. The van der Waals surface area contributed by atoms with E-state index in [1.165, 1.54) is 18.4 Å². The first-order valence-electron chi connectivity index (χ1n) is 11.6. The lowest BCUT2D eigenvalue weighted by atomic mass is 9.47. The third-order valence-corrected chi connectivity index (χ3v) is 8.44. The van der Waals surface area contributed by atoms with Crippen molar-refractivity contribution in [2.24, 2.45) is 17.8 Å². The number of phenolic OH excluding ortho intramolecular Hbond substituents is 1. The van der Waals surface area contributed by atoms with E-state index >= 15 is 0 Å². The van der Waals surface area contributed by atoms with Crippen LogP contribution in [0, 0.1) is 17.8 Å². The lowest BCUT2D eigenvalue weighted by molar-refractivity contribution is -0.182. The highest BCUT2D eigenvalue weighted by atomic mass is 16.3. The van der Waals surface area contributed by atoms with Crippen LogP contribution in [-0.2, 0) is 16.6 Å². The number of ketones is 1. The number of hydrogen-bond acceptors (Lipinski definition) is 4. The average Bonchev–Trinajstić information content (AvgIpc) is 3.47. The van der Waals surface area contributed by atoms with Gasteiger partial charge in [0, 0.05) is 30.3 Å². The van der Waals surface area contributed by atoms with E-state index in [0.717, 1.165) is 50.3 Å². The summed E-state index contributed by atoms with van der Waals surface area (Å²) in [5, 5.41) is 22.6. The highest BCUT2D eigenvalue weighted by Crippen LogP contribution is 2.59. The van der Waals surface area contributed by atoms with Crippen molar-refractivity contribution in [2.75, 3.05) is 13.1 Å². The number of rotatable bonds is 5. The van der Waals surface area contributed by atoms with Crippen LogP contribution in [0.5, 0.6) is 5.75 Å². The minimum absolute atomic E-state index is 0.0299. The van der Waals surface area contributed by atoms with E-state index < -0.39 is 11.0 Å². The highest BCUT2D eigenvalue weighted by Gasteiger charge is 2.66. The van der Waals surface area contributed by atoms with Gasteiger partial charge in [-0.25, -0.2) is 0 Å². The van der Waals surface area contributed by atoms with Crippen molar-refractivity contribution in [3.8, 4) is 5.75 Å².